The number of amides is 1. The Hall–Kier alpha value is -3.53. The summed E-state index contributed by atoms with van der Waals surface area (Å²) < 4.78 is 7.19. The van der Waals surface area contributed by atoms with Gasteiger partial charge in [-0.1, -0.05) is 0 Å². The summed E-state index contributed by atoms with van der Waals surface area (Å²) in [6.07, 6.45) is 4.90. The second-order valence-corrected chi connectivity index (χ2v) is 8.72. The maximum atomic E-state index is 12.9. The Morgan fingerprint density at radius 2 is 2.12 bits per heavy atom. The zero-order chi connectivity index (χ0) is 22.1. The van der Waals surface area contributed by atoms with Gasteiger partial charge in [0.25, 0.3) is 0 Å². The van der Waals surface area contributed by atoms with Crippen LogP contribution in [0, 0.1) is 19.8 Å². The molecule has 1 aliphatic heterocycles. The van der Waals surface area contributed by atoms with E-state index in [0.29, 0.717) is 17.4 Å². The molecular formula is C22H23N7O2S. The third-order valence-corrected chi connectivity index (χ3v) is 6.25. The Kier molecular flexibility index (Phi) is 5.44. The lowest BCUT2D eigenvalue weighted by molar-refractivity contribution is -0.120. The largest absolute Gasteiger partial charge is 0.463 e. The number of nitrogens with one attached hydrogen (secondary N) is 1. The van der Waals surface area contributed by atoms with E-state index in [1.54, 1.807) is 12.6 Å². The topological polar surface area (TPSA) is 102 Å². The van der Waals surface area contributed by atoms with Crippen LogP contribution in [-0.2, 0) is 4.79 Å². The standard InChI is InChI=1S/C22H23N7O2S/c1-14-9-15(2)29(27-14)20-10-19(23-13-24-20)28-7-3-5-16(11-28)21(30)26-22-25-17(12-32-22)18-6-4-8-31-18/h4,6,8-10,12-13,16H,3,5,7,11H2,1-2H3,(H,25,26,30). The molecule has 9 nitrogen and oxygen atoms in total. The van der Waals surface area contributed by atoms with E-state index >= 15 is 0 Å². The van der Waals surface area contributed by atoms with Crippen LogP contribution in [-0.4, -0.2) is 43.7 Å². The van der Waals surface area contributed by atoms with E-state index in [4.69, 9.17) is 4.42 Å². The summed E-state index contributed by atoms with van der Waals surface area (Å²) in [6, 6.07) is 7.60. The van der Waals surface area contributed by atoms with Crippen LogP contribution >= 0.6 is 11.3 Å². The molecule has 1 N–H and O–H groups in total. The molecule has 0 aliphatic carbocycles. The molecule has 0 saturated carbocycles. The molecule has 0 radical (unpaired) electrons. The SMILES string of the molecule is Cc1cc(C)n(-c2cc(N3CCCC(C(=O)Nc4nc(-c5ccco5)cs4)C3)ncn2)n1. The van der Waals surface area contributed by atoms with Gasteiger partial charge in [-0.25, -0.2) is 19.6 Å². The van der Waals surface area contributed by atoms with E-state index in [1.807, 2.05) is 48.2 Å². The molecule has 0 aromatic carbocycles. The zero-order valence-electron chi connectivity index (χ0n) is 17.9. The minimum Gasteiger partial charge on any atom is -0.463 e. The first kappa shape index (κ1) is 20.4. The summed E-state index contributed by atoms with van der Waals surface area (Å²) in [5.41, 5.74) is 2.67. The molecular weight excluding hydrogens is 426 g/mol. The van der Waals surface area contributed by atoms with Crippen molar-refractivity contribution in [1.82, 2.24) is 24.7 Å². The fraction of sp³-hybridized carbons (Fsp3) is 0.318. The zero-order valence-corrected chi connectivity index (χ0v) is 18.7. The molecule has 1 amide bonds. The minimum atomic E-state index is -0.146. The average Bonchev–Trinajstić information content (AvgIpc) is 3.55. The molecule has 1 saturated heterocycles. The van der Waals surface area contributed by atoms with Crippen LogP contribution in [0.15, 0.2) is 46.7 Å². The number of piperidine rings is 1. The van der Waals surface area contributed by atoms with Crippen molar-refractivity contribution in [3.05, 3.63) is 53.6 Å². The van der Waals surface area contributed by atoms with Gasteiger partial charge in [0.05, 0.1) is 17.9 Å². The second kappa shape index (κ2) is 8.54. The number of nitrogens with zero attached hydrogens (tertiary/aromatic N) is 6. The fourth-order valence-electron chi connectivity index (χ4n) is 3.96. The summed E-state index contributed by atoms with van der Waals surface area (Å²) >= 11 is 1.39. The molecule has 32 heavy (non-hydrogen) atoms. The van der Waals surface area contributed by atoms with Crippen molar-refractivity contribution in [3.63, 3.8) is 0 Å². The lowest BCUT2D eigenvalue weighted by Gasteiger charge is -2.32. The quantitative estimate of drug-likeness (QED) is 0.494. The summed E-state index contributed by atoms with van der Waals surface area (Å²) in [6.45, 7) is 5.39. The Morgan fingerprint density at radius 3 is 2.91 bits per heavy atom. The van der Waals surface area contributed by atoms with Gasteiger partial charge in [-0.05, 0) is 44.9 Å². The molecule has 1 aliphatic rings. The lowest BCUT2D eigenvalue weighted by atomic mass is 9.97. The van der Waals surface area contributed by atoms with Gasteiger partial charge < -0.3 is 14.6 Å². The van der Waals surface area contributed by atoms with Gasteiger partial charge in [0.15, 0.2) is 16.7 Å². The minimum absolute atomic E-state index is 0.0251. The third-order valence-electron chi connectivity index (χ3n) is 5.49. The van der Waals surface area contributed by atoms with Crippen molar-refractivity contribution >= 4 is 28.2 Å². The molecule has 4 aromatic rings. The van der Waals surface area contributed by atoms with Gasteiger partial charge in [0.1, 0.15) is 17.8 Å². The van der Waals surface area contributed by atoms with Crippen LogP contribution in [0.5, 0.6) is 0 Å². The molecule has 1 fully saturated rings. The smallest absolute Gasteiger partial charge is 0.231 e. The Labute approximate surface area is 189 Å². The molecule has 0 spiro atoms. The molecule has 1 atom stereocenters. The van der Waals surface area contributed by atoms with Crippen molar-refractivity contribution in [2.24, 2.45) is 5.92 Å². The molecule has 4 aromatic heterocycles. The van der Waals surface area contributed by atoms with Gasteiger partial charge in [0, 0.05) is 30.2 Å². The molecule has 164 valence electrons. The van der Waals surface area contributed by atoms with E-state index in [1.165, 1.54) is 11.3 Å². The van der Waals surface area contributed by atoms with E-state index in [2.05, 4.69) is 30.3 Å². The van der Waals surface area contributed by atoms with Crippen LogP contribution in [0.4, 0.5) is 10.9 Å². The average molecular weight is 450 g/mol. The molecule has 5 heterocycles. The van der Waals surface area contributed by atoms with Crippen LogP contribution in [0.3, 0.4) is 0 Å². The summed E-state index contributed by atoms with van der Waals surface area (Å²) in [4.78, 5) is 28.4. The lowest BCUT2D eigenvalue weighted by Crippen LogP contribution is -2.41. The molecule has 1 unspecified atom stereocenters. The highest BCUT2D eigenvalue weighted by atomic mass is 32.1. The predicted octanol–water partition coefficient (Wildman–Crippen LogP) is 3.85. The van der Waals surface area contributed by atoms with Gasteiger partial charge >= 0.3 is 0 Å². The summed E-state index contributed by atoms with van der Waals surface area (Å²) in [5, 5.41) is 9.93. The van der Waals surface area contributed by atoms with E-state index in [9.17, 15) is 4.79 Å². The number of carbonyl (C=O) groups excluding carboxylic acids is 1. The number of carbonyl (C=O) groups is 1. The number of aryl methyl sites for hydroxylation is 2. The first-order valence-corrected chi connectivity index (χ1v) is 11.4. The van der Waals surface area contributed by atoms with Crippen LogP contribution in [0.2, 0.25) is 0 Å². The highest BCUT2D eigenvalue weighted by molar-refractivity contribution is 7.14. The van der Waals surface area contributed by atoms with Crippen LogP contribution in [0.25, 0.3) is 17.3 Å². The van der Waals surface area contributed by atoms with Crippen molar-refractivity contribution in [2.75, 3.05) is 23.3 Å². The Balaban J connectivity index is 1.28. The van der Waals surface area contributed by atoms with Gasteiger partial charge in [-0.3, -0.25) is 4.79 Å². The molecule has 0 bridgehead atoms. The number of anilines is 2. The number of rotatable bonds is 5. The van der Waals surface area contributed by atoms with Crippen molar-refractivity contribution in [1.29, 1.82) is 0 Å². The van der Waals surface area contributed by atoms with E-state index < -0.39 is 0 Å². The first-order valence-electron chi connectivity index (χ1n) is 10.5. The third kappa shape index (κ3) is 4.13. The maximum Gasteiger partial charge on any atom is 0.231 e. The number of hydrogen-bond donors (Lipinski definition) is 1. The maximum absolute atomic E-state index is 12.9. The van der Waals surface area contributed by atoms with Crippen molar-refractivity contribution in [2.45, 2.75) is 26.7 Å². The van der Waals surface area contributed by atoms with Crippen molar-refractivity contribution < 1.29 is 9.21 Å². The number of thiazole rings is 1. The number of hydrogen-bond acceptors (Lipinski definition) is 8. The highest BCUT2D eigenvalue weighted by Gasteiger charge is 2.27. The number of aromatic nitrogens is 5. The monoisotopic (exact) mass is 449 g/mol. The Bertz CT molecular complexity index is 1230. The molecule has 10 heteroatoms. The van der Waals surface area contributed by atoms with Gasteiger partial charge in [0.2, 0.25) is 5.91 Å². The second-order valence-electron chi connectivity index (χ2n) is 7.86. The fourth-order valence-corrected chi connectivity index (χ4v) is 4.66. The normalized spacial score (nSPS) is 16.3. The number of furan rings is 1. The first-order chi connectivity index (χ1) is 15.6. The predicted molar refractivity (Wildman–Crippen MR) is 122 cm³/mol. The van der Waals surface area contributed by atoms with Crippen LogP contribution in [0.1, 0.15) is 24.2 Å². The Morgan fingerprint density at radius 1 is 1.25 bits per heavy atom. The summed E-state index contributed by atoms with van der Waals surface area (Å²) in [5.74, 6) is 2.04. The van der Waals surface area contributed by atoms with E-state index in [-0.39, 0.29) is 11.8 Å². The van der Waals surface area contributed by atoms with Gasteiger partial charge in [-0.15, -0.1) is 11.3 Å². The molecule has 5 rings (SSSR count). The highest BCUT2D eigenvalue weighted by Crippen LogP contribution is 2.27. The van der Waals surface area contributed by atoms with E-state index in [0.717, 1.165) is 48.1 Å². The summed E-state index contributed by atoms with van der Waals surface area (Å²) in [7, 11) is 0. The van der Waals surface area contributed by atoms with Crippen molar-refractivity contribution in [3.8, 4) is 17.3 Å². The van der Waals surface area contributed by atoms with Gasteiger partial charge in [-0.2, -0.15) is 5.10 Å². The van der Waals surface area contributed by atoms with Crippen LogP contribution < -0.4 is 10.2 Å².